The lowest BCUT2D eigenvalue weighted by atomic mass is 10.1. The number of hydrogen-bond acceptors (Lipinski definition) is 5. The molecule has 7 nitrogen and oxygen atoms in total. The molecular formula is C9H19N3O4S. The Labute approximate surface area is 101 Å². The molecule has 0 amide bonds. The first-order chi connectivity index (χ1) is 7.79. The smallest absolute Gasteiger partial charge is 0.215 e. The number of ether oxygens (including phenoxy) is 1. The van der Waals surface area contributed by atoms with E-state index in [9.17, 15) is 8.42 Å². The van der Waals surface area contributed by atoms with Crippen molar-refractivity contribution in [1.29, 1.82) is 0 Å². The van der Waals surface area contributed by atoms with Gasteiger partial charge in [-0.05, 0) is 26.7 Å². The van der Waals surface area contributed by atoms with Gasteiger partial charge in [0.1, 0.15) is 0 Å². The molecule has 0 aromatic carbocycles. The third-order valence-electron chi connectivity index (χ3n) is 2.75. The maximum Gasteiger partial charge on any atom is 0.215 e. The van der Waals surface area contributed by atoms with Gasteiger partial charge in [0.2, 0.25) is 10.0 Å². The monoisotopic (exact) mass is 265 g/mol. The molecule has 1 aliphatic heterocycles. The van der Waals surface area contributed by atoms with Crippen molar-refractivity contribution in [1.82, 2.24) is 4.72 Å². The van der Waals surface area contributed by atoms with E-state index >= 15 is 0 Å². The Hall–Kier alpha value is -0.860. The number of nitrogens with zero attached hydrogens (tertiary/aromatic N) is 1. The molecule has 0 bridgehead atoms. The molecule has 1 fully saturated rings. The average molecular weight is 265 g/mol. The standard InChI is InChI=1S/C9H19N3O4S/c1-9(2,8(10)11-13)12-17(14,15)7-3-5-16-6-4-7/h7,12-13H,3-6H2,1-2H3,(H2,10,11). The highest BCUT2D eigenvalue weighted by Gasteiger charge is 2.35. The van der Waals surface area contributed by atoms with Crippen molar-refractivity contribution in [3.63, 3.8) is 0 Å². The van der Waals surface area contributed by atoms with Crippen molar-refractivity contribution in [2.45, 2.75) is 37.5 Å². The number of hydrogen-bond donors (Lipinski definition) is 3. The summed E-state index contributed by atoms with van der Waals surface area (Å²) in [7, 11) is -3.50. The summed E-state index contributed by atoms with van der Waals surface area (Å²) in [6, 6.07) is 0. The van der Waals surface area contributed by atoms with Crippen LogP contribution in [-0.2, 0) is 14.8 Å². The molecule has 8 heteroatoms. The quantitative estimate of drug-likeness (QED) is 0.277. The summed E-state index contributed by atoms with van der Waals surface area (Å²) in [5.74, 6) is -0.173. The van der Waals surface area contributed by atoms with E-state index in [4.69, 9.17) is 15.7 Å². The molecule has 17 heavy (non-hydrogen) atoms. The van der Waals surface area contributed by atoms with Crippen LogP contribution in [0.25, 0.3) is 0 Å². The average Bonchev–Trinajstić information content (AvgIpc) is 2.27. The van der Waals surface area contributed by atoms with Crippen LogP contribution in [0, 0.1) is 0 Å². The minimum Gasteiger partial charge on any atom is -0.409 e. The third kappa shape index (κ3) is 3.55. The Balaban J connectivity index is 2.78. The summed E-state index contributed by atoms with van der Waals surface area (Å²) in [4.78, 5) is 0. The molecule has 0 unspecified atom stereocenters. The summed E-state index contributed by atoms with van der Waals surface area (Å²) in [5.41, 5.74) is 4.33. The second-order valence-corrected chi connectivity index (χ2v) is 6.53. The highest BCUT2D eigenvalue weighted by molar-refractivity contribution is 7.90. The van der Waals surface area contributed by atoms with Crippen LogP contribution in [0.4, 0.5) is 0 Å². The van der Waals surface area contributed by atoms with E-state index in [0.717, 1.165) is 0 Å². The lowest BCUT2D eigenvalue weighted by Crippen LogP contribution is -2.55. The molecule has 0 aromatic heterocycles. The van der Waals surface area contributed by atoms with Crippen LogP contribution in [0.5, 0.6) is 0 Å². The van der Waals surface area contributed by atoms with Crippen LogP contribution in [0.1, 0.15) is 26.7 Å². The first-order valence-electron chi connectivity index (χ1n) is 5.38. The second kappa shape index (κ2) is 5.19. The number of sulfonamides is 1. The maximum absolute atomic E-state index is 12.1. The Morgan fingerprint density at radius 1 is 1.47 bits per heavy atom. The molecule has 1 aliphatic rings. The number of amidine groups is 1. The molecule has 0 atom stereocenters. The minimum atomic E-state index is -3.50. The van der Waals surface area contributed by atoms with E-state index in [0.29, 0.717) is 26.1 Å². The topological polar surface area (TPSA) is 114 Å². The van der Waals surface area contributed by atoms with Gasteiger partial charge in [-0.15, -0.1) is 0 Å². The Morgan fingerprint density at radius 3 is 2.47 bits per heavy atom. The first-order valence-corrected chi connectivity index (χ1v) is 6.93. The lowest BCUT2D eigenvalue weighted by Gasteiger charge is -2.29. The fraction of sp³-hybridized carbons (Fsp3) is 0.889. The zero-order valence-electron chi connectivity index (χ0n) is 10.0. The SMILES string of the molecule is CC(C)(NS(=O)(=O)C1CCOCC1)C(N)=NO. The number of oxime groups is 1. The van der Waals surface area contributed by atoms with Gasteiger partial charge in [0.25, 0.3) is 0 Å². The maximum atomic E-state index is 12.1. The number of nitrogens with one attached hydrogen (secondary N) is 1. The first kappa shape index (κ1) is 14.2. The summed E-state index contributed by atoms with van der Waals surface area (Å²) in [6.07, 6.45) is 0.920. The number of nitrogens with two attached hydrogens (primary N) is 1. The molecule has 100 valence electrons. The molecule has 1 saturated heterocycles. The van der Waals surface area contributed by atoms with E-state index in [2.05, 4.69) is 9.88 Å². The van der Waals surface area contributed by atoms with E-state index in [1.165, 1.54) is 0 Å². The summed E-state index contributed by atoms with van der Waals surface area (Å²) in [6.45, 7) is 3.96. The van der Waals surface area contributed by atoms with Crippen LogP contribution in [-0.4, -0.2) is 43.5 Å². The van der Waals surface area contributed by atoms with E-state index in [1.54, 1.807) is 13.8 Å². The van der Waals surface area contributed by atoms with E-state index in [1.807, 2.05) is 0 Å². The molecule has 1 rings (SSSR count). The molecule has 0 spiro atoms. The lowest BCUT2D eigenvalue weighted by molar-refractivity contribution is 0.0980. The summed E-state index contributed by atoms with van der Waals surface area (Å²) in [5, 5.41) is 10.9. The van der Waals surface area contributed by atoms with Gasteiger partial charge >= 0.3 is 0 Å². The van der Waals surface area contributed by atoms with Crippen molar-refractivity contribution in [2.75, 3.05) is 13.2 Å². The third-order valence-corrected chi connectivity index (χ3v) is 4.90. The highest BCUT2D eigenvalue weighted by atomic mass is 32.2. The predicted molar refractivity (Wildman–Crippen MR) is 63.4 cm³/mol. The van der Waals surface area contributed by atoms with Crippen molar-refractivity contribution in [2.24, 2.45) is 10.9 Å². The van der Waals surface area contributed by atoms with Gasteiger partial charge in [-0.1, -0.05) is 5.16 Å². The van der Waals surface area contributed by atoms with Crippen LogP contribution < -0.4 is 10.5 Å². The van der Waals surface area contributed by atoms with Gasteiger partial charge in [-0.3, -0.25) is 0 Å². The fourth-order valence-electron chi connectivity index (χ4n) is 1.60. The molecule has 0 aliphatic carbocycles. The number of rotatable bonds is 4. The van der Waals surface area contributed by atoms with Gasteiger partial charge in [0, 0.05) is 13.2 Å². The second-order valence-electron chi connectivity index (χ2n) is 4.57. The highest BCUT2D eigenvalue weighted by Crippen LogP contribution is 2.17. The van der Waals surface area contributed by atoms with Gasteiger partial charge in [-0.2, -0.15) is 0 Å². The molecule has 4 N–H and O–H groups in total. The summed E-state index contributed by atoms with van der Waals surface area (Å²) < 4.78 is 31.7. The van der Waals surface area contributed by atoms with E-state index < -0.39 is 20.8 Å². The zero-order chi connectivity index (χ0) is 13.1. The van der Waals surface area contributed by atoms with Gasteiger partial charge in [0.05, 0.1) is 10.8 Å². The molecule has 0 radical (unpaired) electrons. The van der Waals surface area contributed by atoms with Crippen LogP contribution in [0.3, 0.4) is 0 Å². The Bertz CT molecular complexity index is 385. The van der Waals surface area contributed by atoms with Gasteiger partial charge in [-0.25, -0.2) is 13.1 Å². The largest absolute Gasteiger partial charge is 0.409 e. The molecule has 1 heterocycles. The molecular weight excluding hydrogens is 246 g/mol. The predicted octanol–water partition coefficient (Wildman–Crippen LogP) is -0.390. The van der Waals surface area contributed by atoms with Crippen LogP contribution in [0.15, 0.2) is 5.16 Å². The van der Waals surface area contributed by atoms with Crippen LogP contribution >= 0.6 is 0 Å². The summed E-state index contributed by atoms with van der Waals surface area (Å²) >= 11 is 0. The van der Waals surface area contributed by atoms with Crippen LogP contribution in [0.2, 0.25) is 0 Å². The van der Waals surface area contributed by atoms with Crippen molar-refractivity contribution in [3.8, 4) is 0 Å². The van der Waals surface area contributed by atoms with Crippen molar-refractivity contribution in [3.05, 3.63) is 0 Å². The molecule has 0 saturated carbocycles. The minimum absolute atomic E-state index is 0.173. The van der Waals surface area contributed by atoms with Crippen molar-refractivity contribution < 1.29 is 18.4 Å². The fourth-order valence-corrected chi connectivity index (χ4v) is 3.40. The Morgan fingerprint density at radius 2 is 2.00 bits per heavy atom. The van der Waals surface area contributed by atoms with E-state index in [-0.39, 0.29) is 5.84 Å². The Kier molecular flexibility index (Phi) is 4.34. The molecule has 0 aromatic rings. The zero-order valence-corrected chi connectivity index (χ0v) is 10.8. The van der Waals surface area contributed by atoms with Gasteiger partial charge < -0.3 is 15.7 Å². The van der Waals surface area contributed by atoms with Crippen molar-refractivity contribution >= 4 is 15.9 Å². The van der Waals surface area contributed by atoms with Gasteiger partial charge in [0.15, 0.2) is 5.84 Å². The normalized spacial score (nSPS) is 20.5.